The van der Waals surface area contributed by atoms with Crippen LogP contribution in [0.15, 0.2) is 108 Å². The van der Waals surface area contributed by atoms with E-state index in [9.17, 15) is 13.2 Å². The topological polar surface area (TPSA) is 72.9 Å². The zero-order chi connectivity index (χ0) is 27.3. The maximum atomic E-state index is 13.6. The van der Waals surface area contributed by atoms with Crippen molar-refractivity contribution < 1.29 is 22.7 Å². The van der Waals surface area contributed by atoms with Crippen molar-refractivity contribution in [3.8, 4) is 11.5 Å². The van der Waals surface area contributed by atoms with Gasteiger partial charge in [0.25, 0.3) is 15.9 Å². The van der Waals surface area contributed by atoms with Gasteiger partial charge in [0.1, 0.15) is 11.5 Å². The predicted octanol–water partition coefficient (Wildman–Crippen LogP) is 6.13. The molecule has 0 saturated carbocycles. The monoisotopic (exact) mass is 529 g/mol. The highest BCUT2D eigenvalue weighted by Crippen LogP contribution is 2.32. The maximum absolute atomic E-state index is 13.6. The zero-order valence-electron chi connectivity index (χ0n) is 21.9. The fourth-order valence-corrected chi connectivity index (χ4v) is 5.55. The van der Waals surface area contributed by atoms with Crippen molar-refractivity contribution in [2.75, 3.05) is 18.0 Å². The average Bonchev–Trinajstić information content (AvgIpc) is 2.93. The molecule has 0 fully saturated rings. The molecule has 0 spiro atoms. The molecule has 0 aromatic heterocycles. The van der Waals surface area contributed by atoms with Gasteiger partial charge in [-0.25, -0.2) is 8.42 Å². The summed E-state index contributed by atoms with van der Waals surface area (Å²) >= 11 is 0. The molecule has 196 valence electrons. The average molecular weight is 530 g/mol. The van der Waals surface area contributed by atoms with Crippen LogP contribution in [0.1, 0.15) is 30.5 Å². The predicted molar refractivity (Wildman–Crippen MR) is 149 cm³/mol. The first-order valence-corrected chi connectivity index (χ1v) is 13.6. The Labute approximate surface area is 224 Å². The number of carbonyl (C=O) groups is 1. The molecule has 0 radical (unpaired) electrons. The molecule has 4 rings (SSSR count). The third-order valence-corrected chi connectivity index (χ3v) is 8.29. The van der Waals surface area contributed by atoms with E-state index in [1.165, 1.54) is 36.9 Å². The van der Waals surface area contributed by atoms with E-state index < -0.39 is 22.5 Å². The van der Waals surface area contributed by atoms with Crippen LogP contribution in [0.2, 0.25) is 0 Å². The SMILES string of the molecule is COc1ccc(N(C(=O)COc2ccc(C(C)(C)c3ccccc3)cc2)S(=O)(=O)c2ccc(C)cc2)cc1. The third kappa shape index (κ3) is 5.73. The van der Waals surface area contributed by atoms with Crippen LogP contribution in [0, 0.1) is 6.92 Å². The highest BCUT2D eigenvalue weighted by atomic mass is 32.2. The fraction of sp³-hybridized carbons (Fsp3) is 0.194. The molecule has 0 aliphatic heterocycles. The van der Waals surface area contributed by atoms with Crippen LogP contribution < -0.4 is 13.8 Å². The molecule has 0 aliphatic rings. The van der Waals surface area contributed by atoms with Crippen molar-refractivity contribution in [2.24, 2.45) is 0 Å². The van der Waals surface area contributed by atoms with E-state index in [4.69, 9.17) is 9.47 Å². The van der Waals surface area contributed by atoms with Crippen LogP contribution in [0.25, 0.3) is 0 Å². The van der Waals surface area contributed by atoms with Crippen LogP contribution >= 0.6 is 0 Å². The van der Waals surface area contributed by atoms with Crippen molar-refractivity contribution in [1.82, 2.24) is 0 Å². The smallest absolute Gasteiger partial charge is 0.278 e. The first kappa shape index (κ1) is 26.9. The largest absolute Gasteiger partial charge is 0.497 e. The van der Waals surface area contributed by atoms with E-state index in [0.717, 1.165) is 15.4 Å². The minimum atomic E-state index is -4.19. The summed E-state index contributed by atoms with van der Waals surface area (Å²) in [7, 11) is -2.67. The van der Waals surface area contributed by atoms with Crippen molar-refractivity contribution >= 4 is 21.6 Å². The highest BCUT2D eigenvalue weighted by Gasteiger charge is 2.31. The van der Waals surface area contributed by atoms with Crippen molar-refractivity contribution in [1.29, 1.82) is 0 Å². The van der Waals surface area contributed by atoms with Crippen LogP contribution in [0.4, 0.5) is 5.69 Å². The molecule has 0 bridgehead atoms. The molecule has 0 N–H and O–H groups in total. The number of aryl methyl sites for hydroxylation is 1. The summed E-state index contributed by atoms with van der Waals surface area (Å²) in [6, 6.07) is 30.3. The first-order chi connectivity index (χ1) is 18.1. The van der Waals surface area contributed by atoms with Gasteiger partial charge in [-0.2, -0.15) is 4.31 Å². The van der Waals surface area contributed by atoms with Gasteiger partial charge in [-0.3, -0.25) is 4.79 Å². The Morgan fingerprint density at radius 3 is 1.89 bits per heavy atom. The number of ether oxygens (including phenoxy) is 2. The van der Waals surface area contributed by atoms with E-state index in [0.29, 0.717) is 11.5 Å². The number of anilines is 1. The Morgan fingerprint density at radius 2 is 1.32 bits per heavy atom. The summed E-state index contributed by atoms with van der Waals surface area (Å²) in [5.74, 6) is 0.293. The van der Waals surface area contributed by atoms with E-state index in [1.54, 1.807) is 36.4 Å². The highest BCUT2D eigenvalue weighted by molar-refractivity contribution is 7.93. The Hall–Kier alpha value is -4.10. The number of benzene rings is 4. The van der Waals surface area contributed by atoms with Gasteiger partial charge in [0.2, 0.25) is 0 Å². The number of hydrogen-bond acceptors (Lipinski definition) is 5. The number of amides is 1. The van der Waals surface area contributed by atoms with Gasteiger partial charge in [0.15, 0.2) is 6.61 Å². The van der Waals surface area contributed by atoms with Gasteiger partial charge >= 0.3 is 0 Å². The Balaban J connectivity index is 1.56. The van der Waals surface area contributed by atoms with Gasteiger partial charge in [-0.05, 0) is 66.6 Å². The molecule has 1 amide bonds. The molecule has 38 heavy (non-hydrogen) atoms. The second kappa shape index (κ2) is 11.1. The number of nitrogens with zero attached hydrogens (tertiary/aromatic N) is 1. The van der Waals surface area contributed by atoms with Crippen LogP contribution in [0.5, 0.6) is 11.5 Å². The lowest BCUT2D eigenvalue weighted by molar-refractivity contribution is -0.119. The van der Waals surface area contributed by atoms with Gasteiger partial charge in [0.05, 0.1) is 17.7 Å². The molecule has 7 heteroatoms. The maximum Gasteiger partial charge on any atom is 0.278 e. The van der Waals surface area contributed by atoms with E-state index >= 15 is 0 Å². The summed E-state index contributed by atoms with van der Waals surface area (Å²) in [5, 5.41) is 0. The van der Waals surface area contributed by atoms with E-state index in [1.807, 2.05) is 37.3 Å². The molecule has 0 unspecified atom stereocenters. The molecule has 0 heterocycles. The summed E-state index contributed by atoms with van der Waals surface area (Å²) in [4.78, 5) is 13.4. The molecule has 4 aromatic rings. The minimum absolute atomic E-state index is 0.0137. The Morgan fingerprint density at radius 1 is 0.763 bits per heavy atom. The lowest BCUT2D eigenvalue weighted by Crippen LogP contribution is -2.40. The number of sulfonamides is 1. The molecule has 0 atom stereocenters. The van der Waals surface area contributed by atoms with Crippen molar-refractivity contribution in [3.63, 3.8) is 0 Å². The van der Waals surface area contributed by atoms with Gasteiger partial charge in [-0.1, -0.05) is 74.0 Å². The lowest BCUT2D eigenvalue weighted by Gasteiger charge is -2.26. The number of hydrogen-bond donors (Lipinski definition) is 0. The molecular weight excluding hydrogens is 498 g/mol. The fourth-order valence-electron chi connectivity index (χ4n) is 4.14. The minimum Gasteiger partial charge on any atom is -0.497 e. The molecular formula is C31H31NO5S. The number of rotatable bonds is 9. The molecule has 0 aliphatic carbocycles. The van der Waals surface area contributed by atoms with Gasteiger partial charge in [-0.15, -0.1) is 0 Å². The summed E-state index contributed by atoms with van der Waals surface area (Å²) in [6.07, 6.45) is 0. The zero-order valence-corrected chi connectivity index (χ0v) is 22.7. The Kier molecular flexibility index (Phi) is 7.88. The molecule has 6 nitrogen and oxygen atoms in total. The number of methoxy groups -OCH3 is 1. The molecule has 4 aromatic carbocycles. The normalized spacial score (nSPS) is 11.6. The van der Waals surface area contributed by atoms with E-state index in [-0.39, 0.29) is 16.0 Å². The van der Waals surface area contributed by atoms with Crippen molar-refractivity contribution in [2.45, 2.75) is 31.1 Å². The summed E-state index contributed by atoms with van der Waals surface area (Å²) in [6.45, 7) is 5.69. The molecule has 0 saturated heterocycles. The standard InChI is InChI=1S/C31H31NO5S/c1-23-10-20-29(21-11-23)38(34,35)32(26-14-18-27(36-4)19-15-26)30(33)22-37-28-16-12-25(13-17-28)31(2,3)24-8-6-5-7-9-24/h5-21H,22H2,1-4H3. The second-order valence-electron chi connectivity index (χ2n) is 9.48. The lowest BCUT2D eigenvalue weighted by atomic mass is 9.78. The van der Waals surface area contributed by atoms with Crippen LogP contribution in [-0.2, 0) is 20.2 Å². The van der Waals surface area contributed by atoms with Crippen molar-refractivity contribution in [3.05, 3.63) is 120 Å². The van der Waals surface area contributed by atoms with Gasteiger partial charge < -0.3 is 9.47 Å². The van der Waals surface area contributed by atoms with Gasteiger partial charge in [0, 0.05) is 5.41 Å². The first-order valence-electron chi connectivity index (χ1n) is 12.2. The summed E-state index contributed by atoms with van der Waals surface area (Å²) < 4.78 is 38.8. The number of carbonyl (C=O) groups excluding carboxylic acids is 1. The summed E-state index contributed by atoms with van der Waals surface area (Å²) in [5.41, 5.74) is 3.15. The van der Waals surface area contributed by atoms with Crippen LogP contribution in [0.3, 0.4) is 0 Å². The third-order valence-electron chi connectivity index (χ3n) is 6.53. The Bertz CT molecular complexity index is 1480. The van der Waals surface area contributed by atoms with Crippen LogP contribution in [-0.4, -0.2) is 28.0 Å². The quantitative estimate of drug-likeness (QED) is 0.261. The second-order valence-corrected chi connectivity index (χ2v) is 11.3. The van der Waals surface area contributed by atoms with E-state index in [2.05, 4.69) is 26.0 Å².